The molecule has 0 spiro atoms. The van der Waals surface area contributed by atoms with E-state index in [1.165, 1.54) is 16.2 Å². The van der Waals surface area contributed by atoms with Crippen LogP contribution in [0.15, 0.2) is 82.5 Å². The van der Waals surface area contributed by atoms with E-state index in [4.69, 9.17) is 0 Å². The number of hydrogen-bond donors (Lipinski definition) is 1. The molecule has 0 bridgehead atoms. The van der Waals surface area contributed by atoms with Crippen LogP contribution in [0.4, 0.5) is 5.13 Å². The fraction of sp³-hybridized carbons (Fsp3) is 0.0952. The topological polar surface area (TPSA) is 54.9 Å². The average Bonchev–Trinajstić information content (AvgIpc) is 3.40. The second-order valence-electron chi connectivity index (χ2n) is 5.98. The predicted molar refractivity (Wildman–Crippen MR) is 117 cm³/mol. The van der Waals surface area contributed by atoms with Gasteiger partial charge in [0.2, 0.25) is 11.0 Å². The average molecular weight is 424 g/mol. The first-order valence-electron chi connectivity index (χ1n) is 8.69. The molecule has 0 radical (unpaired) electrons. The van der Waals surface area contributed by atoms with Crippen molar-refractivity contribution >= 4 is 45.5 Å². The van der Waals surface area contributed by atoms with Crippen molar-refractivity contribution in [1.29, 1.82) is 0 Å². The van der Waals surface area contributed by atoms with Crippen molar-refractivity contribution < 1.29 is 4.79 Å². The number of carbonyl (C=O) groups excluding carboxylic acids is 1. The predicted octanol–water partition coefficient (Wildman–Crippen LogP) is 5.66. The highest BCUT2D eigenvalue weighted by Crippen LogP contribution is 2.31. The second kappa shape index (κ2) is 9.14. The number of rotatable bonds is 7. The minimum atomic E-state index is -0.395. The molecule has 0 atom stereocenters. The first-order valence-corrected chi connectivity index (χ1v) is 11.4. The lowest BCUT2D eigenvalue weighted by Crippen LogP contribution is -2.22. The number of aromatic nitrogens is 2. The minimum Gasteiger partial charge on any atom is -0.300 e. The Balaban J connectivity index is 1.49. The Labute approximate surface area is 175 Å². The summed E-state index contributed by atoms with van der Waals surface area (Å²) in [5, 5.41) is 13.9. The lowest BCUT2D eigenvalue weighted by atomic mass is 9.90. The van der Waals surface area contributed by atoms with Gasteiger partial charge in [-0.2, -0.15) is 0 Å². The molecule has 0 saturated carbocycles. The third kappa shape index (κ3) is 4.67. The Morgan fingerprint density at radius 2 is 1.61 bits per heavy atom. The molecule has 2 aromatic carbocycles. The SMILES string of the molecule is O=C(Nc1nnc(SCc2cccs2)s1)C(c1ccccc1)c1ccccc1. The van der Waals surface area contributed by atoms with Crippen molar-refractivity contribution in [2.45, 2.75) is 16.0 Å². The smallest absolute Gasteiger partial charge is 0.238 e. The molecular formula is C21H17N3OS3. The summed E-state index contributed by atoms with van der Waals surface area (Å²) in [6, 6.07) is 23.7. The van der Waals surface area contributed by atoms with Gasteiger partial charge in [0.25, 0.3) is 0 Å². The minimum absolute atomic E-state index is 0.108. The number of thioether (sulfide) groups is 1. The number of thiophene rings is 1. The molecular weight excluding hydrogens is 406 g/mol. The largest absolute Gasteiger partial charge is 0.300 e. The van der Waals surface area contributed by atoms with Crippen LogP contribution in [0.2, 0.25) is 0 Å². The van der Waals surface area contributed by atoms with Crippen LogP contribution in [-0.4, -0.2) is 16.1 Å². The Kier molecular flexibility index (Phi) is 6.16. The third-order valence-electron chi connectivity index (χ3n) is 4.08. The molecule has 1 amide bonds. The van der Waals surface area contributed by atoms with Crippen LogP contribution in [-0.2, 0) is 10.5 Å². The van der Waals surface area contributed by atoms with E-state index in [-0.39, 0.29) is 5.91 Å². The van der Waals surface area contributed by atoms with Crippen molar-refractivity contribution in [1.82, 2.24) is 10.2 Å². The summed E-state index contributed by atoms with van der Waals surface area (Å²) in [6.07, 6.45) is 0. The van der Waals surface area contributed by atoms with Gasteiger partial charge in [0.05, 0.1) is 5.92 Å². The summed E-state index contributed by atoms with van der Waals surface area (Å²) < 4.78 is 0.847. The molecule has 0 aliphatic rings. The zero-order valence-corrected chi connectivity index (χ0v) is 17.3. The molecule has 7 heteroatoms. The summed E-state index contributed by atoms with van der Waals surface area (Å²) in [7, 11) is 0. The van der Waals surface area contributed by atoms with Crippen LogP contribution < -0.4 is 5.32 Å². The van der Waals surface area contributed by atoms with Crippen LogP contribution in [0.3, 0.4) is 0 Å². The highest BCUT2D eigenvalue weighted by atomic mass is 32.2. The molecule has 4 aromatic rings. The monoisotopic (exact) mass is 423 g/mol. The second-order valence-corrected chi connectivity index (χ2v) is 9.22. The van der Waals surface area contributed by atoms with Crippen molar-refractivity contribution in [2.75, 3.05) is 5.32 Å². The number of amides is 1. The van der Waals surface area contributed by atoms with E-state index in [1.807, 2.05) is 66.7 Å². The van der Waals surface area contributed by atoms with Gasteiger partial charge in [0.15, 0.2) is 4.34 Å². The van der Waals surface area contributed by atoms with E-state index >= 15 is 0 Å². The van der Waals surface area contributed by atoms with Gasteiger partial charge in [-0.15, -0.1) is 21.5 Å². The van der Waals surface area contributed by atoms with E-state index in [0.29, 0.717) is 5.13 Å². The Hall–Kier alpha value is -2.48. The van der Waals surface area contributed by atoms with Gasteiger partial charge in [0.1, 0.15) is 0 Å². The molecule has 28 heavy (non-hydrogen) atoms. The highest BCUT2D eigenvalue weighted by Gasteiger charge is 2.23. The fourth-order valence-electron chi connectivity index (χ4n) is 2.81. The Morgan fingerprint density at radius 3 is 2.21 bits per heavy atom. The molecule has 2 aromatic heterocycles. The maximum Gasteiger partial charge on any atom is 0.238 e. The first-order chi connectivity index (χ1) is 13.8. The van der Waals surface area contributed by atoms with Gasteiger partial charge < -0.3 is 0 Å². The summed E-state index contributed by atoms with van der Waals surface area (Å²) >= 11 is 4.76. The fourth-order valence-corrected chi connectivity index (χ4v) is 5.34. The molecule has 0 aliphatic carbocycles. The summed E-state index contributed by atoms with van der Waals surface area (Å²) in [5.41, 5.74) is 1.89. The Bertz CT molecular complexity index is 978. The Morgan fingerprint density at radius 1 is 0.929 bits per heavy atom. The molecule has 4 nitrogen and oxygen atoms in total. The number of nitrogens with one attached hydrogen (secondary N) is 1. The third-order valence-corrected chi connectivity index (χ3v) is 7.16. The summed E-state index contributed by atoms with van der Waals surface area (Å²) in [6.45, 7) is 0. The molecule has 0 unspecified atom stereocenters. The van der Waals surface area contributed by atoms with Crippen LogP contribution >= 0.6 is 34.4 Å². The molecule has 0 fully saturated rings. The van der Waals surface area contributed by atoms with Crippen molar-refractivity contribution in [3.63, 3.8) is 0 Å². The highest BCUT2D eigenvalue weighted by molar-refractivity contribution is 8.00. The van der Waals surface area contributed by atoms with Crippen molar-refractivity contribution in [2.24, 2.45) is 0 Å². The van der Waals surface area contributed by atoms with E-state index in [9.17, 15) is 4.79 Å². The molecule has 0 saturated heterocycles. The summed E-state index contributed by atoms with van der Waals surface area (Å²) in [5.74, 6) is 0.355. The number of benzene rings is 2. The molecule has 0 aliphatic heterocycles. The normalized spacial score (nSPS) is 10.9. The number of anilines is 1. The standard InChI is InChI=1S/C21H17N3OS3/c25-19(18(15-8-3-1-4-9-15)16-10-5-2-6-11-16)22-20-23-24-21(28-20)27-14-17-12-7-13-26-17/h1-13,18H,14H2,(H,22,23,25). The first kappa shape index (κ1) is 18.9. The van der Waals surface area contributed by atoms with Gasteiger partial charge in [-0.25, -0.2) is 0 Å². The van der Waals surface area contributed by atoms with Gasteiger partial charge in [0, 0.05) is 10.6 Å². The van der Waals surface area contributed by atoms with Gasteiger partial charge in [-0.3, -0.25) is 10.1 Å². The van der Waals surface area contributed by atoms with Crippen LogP contribution in [0.1, 0.15) is 21.9 Å². The molecule has 1 N–H and O–H groups in total. The van der Waals surface area contributed by atoms with Crippen LogP contribution in [0.25, 0.3) is 0 Å². The van der Waals surface area contributed by atoms with E-state index < -0.39 is 5.92 Å². The lowest BCUT2D eigenvalue weighted by molar-refractivity contribution is -0.116. The van der Waals surface area contributed by atoms with Crippen molar-refractivity contribution in [3.8, 4) is 0 Å². The van der Waals surface area contributed by atoms with E-state index in [1.54, 1.807) is 23.1 Å². The molecule has 140 valence electrons. The quantitative estimate of drug-likeness (QED) is 0.308. The molecule has 4 rings (SSSR count). The van der Waals surface area contributed by atoms with Crippen LogP contribution in [0, 0.1) is 0 Å². The lowest BCUT2D eigenvalue weighted by Gasteiger charge is -2.16. The number of nitrogens with zero attached hydrogens (tertiary/aromatic N) is 2. The van der Waals surface area contributed by atoms with Crippen LogP contribution in [0.5, 0.6) is 0 Å². The van der Waals surface area contributed by atoms with Gasteiger partial charge in [-0.1, -0.05) is 89.8 Å². The van der Waals surface area contributed by atoms with Gasteiger partial charge >= 0.3 is 0 Å². The maximum absolute atomic E-state index is 13.1. The summed E-state index contributed by atoms with van der Waals surface area (Å²) in [4.78, 5) is 14.4. The van der Waals surface area contributed by atoms with E-state index in [0.717, 1.165) is 21.2 Å². The van der Waals surface area contributed by atoms with Gasteiger partial charge in [-0.05, 0) is 22.6 Å². The zero-order chi connectivity index (χ0) is 19.2. The molecule has 2 heterocycles. The maximum atomic E-state index is 13.1. The van der Waals surface area contributed by atoms with E-state index in [2.05, 4.69) is 27.0 Å². The number of hydrogen-bond acceptors (Lipinski definition) is 6. The number of carbonyl (C=O) groups is 1. The van der Waals surface area contributed by atoms with Crippen molar-refractivity contribution in [3.05, 3.63) is 94.2 Å². The zero-order valence-electron chi connectivity index (χ0n) is 14.8.